The lowest BCUT2D eigenvalue weighted by molar-refractivity contribution is -0.123. The van der Waals surface area contributed by atoms with E-state index in [1.165, 1.54) is 11.0 Å². The maximum atomic E-state index is 13.9. The average molecular weight is 303 g/mol. The number of para-hydroxylation sites is 1. The molecule has 1 amide bonds. The van der Waals surface area contributed by atoms with E-state index in [1.807, 2.05) is 7.05 Å². The van der Waals surface area contributed by atoms with Crippen molar-refractivity contribution in [3.8, 4) is 0 Å². The number of rotatable bonds is 4. The van der Waals surface area contributed by atoms with Gasteiger partial charge < -0.3 is 10.2 Å². The normalized spacial score (nSPS) is 18.7. The van der Waals surface area contributed by atoms with Crippen molar-refractivity contribution >= 4 is 11.6 Å². The third-order valence-electron chi connectivity index (χ3n) is 3.79. The largest absolute Gasteiger partial charge is 0.314 e. The number of aromatic nitrogens is 3. The van der Waals surface area contributed by atoms with E-state index in [-0.39, 0.29) is 11.7 Å². The van der Waals surface area contributed by atoms with Crippen LogP contribution in [0.15, 0.2) is 30.5 Å². The first kappa shape index (κ1) is 14.6. The van der Waals surface area contributed by atoms with Crippen molar-refractivity contribution in [3.05, 3.63) is 42.0 Å². The SMILES string of the molecule is CNCc1cn(C2CCCN(c3ccccc3F)C2=O)nn1. The van der Waals surface area contributed by atoms with E-state index in [0.717, 1.165) is 12.1 Å². The summed E-state index contributed by atoms with van der Waals surface area (Å²) in [6, 6.07) is 5.92. The molecule has 1 aliphatic heterocycles. The quantitative estimate of drug-likeness (QED) is 0.930. The van der Waals surface area contributed by atoms with Crippen LogP contribution >= 0.6 is 0 Å². The summed E-state index contributed by atoms with van der Waals surface area (Å²) in [5.74, 6) is -0.525. The van der Waals surface area contributed by atoms with Crippen molar-refractivity contribution in [2.75, 3.05) is 18.5 Å². The molecule has 2 heterocycles. The smallest absolute Gasteiger partial charge is 0.251 e. The number of halogens is 1. The summed E-state index contributed by atoms with van der Waals surface area (Å²) in [7, 11) is 1.82. The van der Waals surface area contributed by atoms with Crippen molar-refractivity contribution in [2.45, 2.75) is 25.4 Å². The summed E-state index contributed by atoms with van der Waals surface area (Å²) in [6.45, 7) is 1.12. The molecular weight excluding hydrogens is 285 g/mol. The molecule has 0 bridgehead atoms. The topological polar surface area (TPSA) is 63.1 Å². The number of anilines is 1. The Bertz CT molecular complexity index is 671. The van der Waals surface area contributed by atoms with Gasteiger partial charge >= 0.3 is 0 Å². The molecule has 1 N–H and O–H groups in total. The average Bonchev–Trinajstić information content (AvgIpc) is 2.97. The van der Waals surface area contributed by atoms with Crippen LogP contribution in [0, 0.1) is 5.82 Å². The molecule has 0 radical (unpaired) electrons. The van der Waals surface area contributed by atoms with Crippen molar-refractivity contribution in [1.82, 2.24) is 20.3 Å². The van der Waals surface area contributed by atoms with Crippen molar-refractivity contribution in [3.63, 3.8) is 0 Å². The minimum Gasteiger partial charge on any atom is -0.314 e. The van der Waals surface area contributed by atoms with Crippen LogP contribution in [-0.4, -0.2) is 34.5 Å². The molecule has 1 aromatic carbocycles. The molecule has 0 spiro atoms. The highest BCUT2D eigenvalue weighted by Gasteiger charge is 2.32. The van der Waals surface area contributed by atoms with Crippen LogP contribution < -0.4 is 10.2 Å². The first-order valence-corrected chi connectivity index (χ1v) is 7.32. The first-order chi connectivity index (χ1) is 10.7. The molecular formula is C15H18FN5O. The van der Waals surface area contributed by atoms with Crippen molar-refractivity contribution in [1.29, 1.82) is 0 Å². The number of carbonyl (C=O) groups excluding carboxylic acids is 1. The third kappa shape index (κ3) is 2.71. The highest BCUT2D eigenvalue weighted by Crippen LogP contribution is 2.28. The number of hydrogen-bond donors (Lipinski definition) is 1. The zero-order valence-electron chi connectivity index (χ0n) is 12.4. The van der Waals surface area contributed by atoms with E-state index >= 15 is 0 Å². The van der Waals surface area contributed by atoms with Gasteiger partial charge in [-0.3, -0.25) is 4.79 Å². The van der Waals surface area contributed by atoms with Crippen molar-refractivity contribution in [2.24, 2.45) is 0 Å². The molecule has 116 valence electrons. The molecule has 1 aliphatic rings. The van der Waals surface area contributed by atoms with Crippen LogP contribution in [-0.2, 0) is 11.3 Å². The molecule has 0 aliphatic carbocycles. The lowest BCUT2D eigenvalue weighted by atomic mass is 10.0. The maximum absolute atomic E-state index is 13.9. The number of nitrogens with zero attached hydrogens (tertiary/aromatic N) is 4. The van der Waals surface area contributed by atoms with Gasteiger partial charge in [-0.05, 0) is 32.0 Å². The van der Waals surface area contributed by atoms with Crippen molar-refractivity contribution < 1.29 is 9.18 Å². The standard InChI is InChI=1S/C15H18FN5O/c1-17-9-11-10-21(19-18-11)14-7-4-8-20(15(14)22)13-6-3-2-5-12(13)16/h2-3,5-6,10,14,17H,4,7-9H2,1H3. The number of piperidine rings is 1. The fraction of sp³-hybridized carbons (Fsp3) is 0.400. The van der Waals surface area contributed by atoms with Gasteiger partial charge in [0, 0.05) is 13.1 Å². The van der Waals surface area contributed by atoms with Crippen LogP contribution in [0.3, 0.4) is 0 Å². The second kappa shape index (κ2) is 6.23. The van der Waals surface area contributed by atoms with Gasteiger partial charge in [0.15, 0.2) is 0 Å². The predicted octanol–water partition coefficient (Wildman–Crippen LogP) is 1.50. The zero-order valence-corrected chi connectivity index (χ0v) is 12.4. The monoisotopic (exact) mass is 303 g/mol. The summed E-state index contributed by atoms with van der Waals surface area (Å²) >= 11 is 0. The van der Waals surface area contributed by atoms with E-state index in [2.05, 4.69) is 15.6 Å². The molecule has 1 saturated heterocycles. The Hall–Kier alpha value is -2.28. The lowest BCUT2D eigenvalue weighted by Gasteiger charge is -2.32. The van der Waals surface area contributed by atoms with Gasteiger partial charge in [0.2, 0.25) is 0 Å². The molecule has 2 aromatic rings. The number of carbonyl (C=O) groups is 1. The first-order valence-electron chi connectivity index (χ1n) is 7.32. The Morgan fingerprint density at radius 3 is 3.00 bits per heavy atom. The number of hydrogen-bond acceptors (Lipinski definition) is 4. The van der Waals surface area contributed by atoms with E-state index in [0.29, 0.717) is 25.2 Å². The van der Waals surface area contributed by atoms with Gasteiger partial charge in [-0.25, -0.2) is 9.07 Å². The maximum Gasteiger partial charge on any atom is 0.251 e. The predicted molar refractivity (Wildman–Crippen MR) is 79.8 cm³/mol. The summed E-state index contributed by atoms with van der Waals surface area (Å²) in [6.07, 6.45) is 3.25. The minimum atomic E-state index is -0.425. The molecule has 7 heteroatoms. The Morgan fingerprint density at radius 1 is 1.41 bits per heavy atom. The third-order valence-corrected chi connectivity index (χ3v) is 3.79. The molecule has 1 fully saturated rings. The van der Waals surface area contributed by atoms with E-state index in [1.54, 1.807) is 29.1 Å². The Morgan fingerprint density at radius 2 is 2.23 bits per heavy atom. The molecule has 22 heavy (non-hydrogen) atoms. The summed E-state index contributed by atoms with van der Waals surface area (Å²) < 4.78 is 15.5. The van der Waals surface area contributed by atoms with Crippen LogP contribution in [0.2, 0.25) is 0 Å². The summed E-state index contributed by atoms with van der Waals surface area (Å²) in [4.78, 5) is 14.2. The Labute approximate surface area is 127 Å². The fourth-order valence-corrected chi connectivity index (χ4v) is 2.74. The van der Waals surface area contributed by atoms with Gasteiger partial charge in [0.05, 0.1) is 17.6 Å². The van der Waals surface area contributed by atoms with E-state index in [9.17, 15) is 9.18 Å². The minimum absolute atomic E-state index is 0.141. The highest BCUT2D eigenvalue weighted by atomic mass is 19.1. The van der Waals surface area contributed by atoms with Gasteiger partial charge in [-0.1, -0.05) is 17.3 Å². The number of amides is 1. The van der Waals surface area contributed by atoms with Crippen LogP contribution in [0.25, 0.3) is 0 Å². The van der Waals surface area contributed by atoms with Gasteiger partial charge in [0.25, 0.3) is 5.91 Å². The van der Waals surface area contributed by atoms with Gasteiger partial charge in [0.1, 0.15) is 11.9 Å². The number of nitrogens with one attached hydrogen (secondary N) is 1. The lowest BCUT2D eigenvalue weighted by Crippen LogP contribution is -2.42. The summed E-state index contributed by atoms with van der Waals surface area (Å²) in [5.41, 5.74) is 1.10. The highest BCUT2D eigenvalue weighted by molar-refractivity contribution is 5.96. The molecule has 0 saturated carbocycles. The Balaban J connectivity index is 1.85. The van der Waals surface area contributed by atoms with Crippen LogP contribution in [0.5, 0.6) is 0 Å². The zero-order chi connectivity index (χ0) is 15.5. The summed E-state index contributed by atoms with van der Waals surface area (Å²) in [5, 5.41) is 11.1. The molecule has 1 aromatic heterocycles. The second-order valence-corrected chi connectivity index (χ2v) is 5.32. The fourth-order valence-electron chi connectivity index (χ4n) is 2.74. The van der Waals surface area contributed by atoms with Gasteiger partial charge in [-0.15, -0.1) is 5.10 Å². The second-order valence-electron chi connectivity index (χ2n) is 5.32. The van der Waals surface area contributed by atoms with E-state index < -0.39 is 6.04 Å². The molecule has 6 nitrogen and oxygen atoms in total. The molecule has 3 rings (SSSR count). The van der Waals surface area contributed by atoms with Gasteiger partial charge in [-0.2, -0.15) is 0 Å². The number of benzene rings is 1. The molecule has 1 unspecified atom stereocenters. The van der Waals surface area contributed by atoms with E-state index in [4.69, 9.17) is 0 Å². The molecule has 1 atom stereocenters. The van der Waals surface area contributed by atoms with Crippen LogP contribution in [0.1, 0.15) is 24.6 Å². The van der Waals surface area contributed by atoms with Crippen LogP contribution in [0.4, 0.5) is 10.1 Å². The Kier molecular flexibility index (Phi) is 4.15.